The second-order valence-corrected chi connectivity index (χ2v) is 5.25. The minimum absolute atomic E-state index is 0.0476. The number of aryl methyl sites for hydroxylation is 1. The van der Waals surface area contributed by atoms with E-state index in [0.717, 1.165) is 10.4 Å². The Hall–Kier alpha value is -1.77. The molecule has 0 fully saturated rings. The molecule has 0 unspecified atom stereocenters. The lowest BCUT2D eigenvalue weighted by Crippen LogP contribution is -2.14. The molecule has 0 radical (unpaired) electrons. The zero-order chi connectivity index (χ0) is 14.7. The Kier molecular flexibility index (Phi) is 4.48. The average Bonchev–Trinajstić information content (AvgIpc) is 2.67. The van der Waals surface area contributed by atoms with E-state index < -0.39 is 12.6 Å². The van der Waals surface area contributed by atoms with Gasteiger partial charge in [-0.15, -0.1) is 11.3 Å². The predicted octanol–water partition coefficient (Wildman–Crippen LogP) is 1.04. The van der Waals surface area contributed by atoms with Crippen molar-refractivity contribution in [1.82, 2.24) is 9.97 Å². The van der Waals surface area contributed by atoms with Crippen molar-refractivity contribution < 1.29 is 19.4 Å². The van der Waals surface area contributed by atoms with Gasteiger partial charge in [-0.2, -0.15) is 0 Å². The molecule has 2 aromatic rings. The summed E-state index contributed by atoms with van der Waals surface area (Å²) in [5, 5.41) is 9.03. The molecule has 0 atom stereocenters. The van der Waals surface area contributed by atoms with Gasteiger partial charge in [-0.05, 0) is 12.5 Å². The highest BCUT2D eigenvalue weighted by atomic mass is 32.1. The monoisotopic (exact) mass is 298 g/mol. The number of nitrogens with zero attached hydrogens (tertiary/aromatic N) is 1. The van der Waals surface area contributed by atoms with E-state index >= 15 is 0 Å². The van der Waals surface area contributed by atoms with Gasteiger partial charge in [0.2, 0.25) is 0 Å². The third kappa shape index (κ3) is 3.03. The smallest absolute Gasteiger partial charge is 0.329 e. The summed E-state index contributed by atoms with van der Waals surface area (Å²) < 4.78 is 10.00. The molecule has 0 aliphatic carbocycles. The quantitative estimate of drug-likeness (QED) is 0.826. The Morgan fingerprint density at radius 1 is 1.45 bits per heavy atom. The number of carboxylic acid groups (broad SMARTS) is 1. The highest BCUT2D eigenvalue weighted by Crippen LogP contribution is 2.27. The van der Waals surface area contributed by atoms with E-state index in [2.05, 4.69) is 9.97 Å². The zero-order valence-electron chi connectivity index (χ0n) is 11.1. The highest BCUT2D eigenvalue weighted by molar-refractivity contribution is 7.18. The van der Waals surface area contributed by atoms with Crippen LogP contribution in [0.25, 0.3) is 10.2 Å². The summed E-state index contributed by atoms with van der Waals surface area (Å²) in [6, 6.07) is 0. The van der Waals surface area contributed by atoms with Crippen LogP contribution in [0.5, 0.6) is 0 Å². The number of aromatic nitrogens is 2. The number of fused-ring (bicyclic) bond motifs is 1. The summed E-state index contributed by atoms with van der Waals surface area (Å²) in [6.07, 6.45) is 0. The van der Waals surface area contributed by atoms with Gasteiger partial charge < -0.3 is 19.6 Å². The van der Waals surface area contributed by atoms with Crippen LogP contribution in [-0.2, 0) is 27.5 Å². The number of aromatic amines is 1. The number of methoxy groups -OCH3 is 1. The fourth-order valence-electron chi connectivity index (χ4n) is 1.81. The summed E-state index contributed by atoms with van der Waals surface area (Å²) in [5.41, 5.74) is 0.610. The molecule has 2 aromatic heterocycles. The third-order valence-electron chi connectivity index (χ3n) is 2.69. The standard InChI is InChI=1S/C12H14N2O5S/c1-6-7(3-18-2)20-12-10(6)11(17)13-8(14-12)4-19-5-9(15)16/h3-5H2,1-2H3,(H,15,16)(H,13,14,17). The number of hydrogen-bond acceptors (Lipinski definition) is 6. The lowest BCUT2D eigenvalue weighted by atomic mass is 10.2. The molecule has 0 amide bonds. The van der Waals surface area contributed by atoms with Crippen molar-refractivity contribution in [3.63, 3.8) is 0 Å². The molecular formula is C12H14N2O5S. The molecule has 0 aliphatic heterocycles. The van der Waals surface area contributed by atoms with Gasteiger partial charge in [0.1, 0.15) is 23.9 Å². The van der Waals surface area contributed by atoms with Crippen LogP contribution in [-0.4, -0.2) is 34.8 Å². The van der Waals surface area contributed by atoms with Crippen LogP contribution in [0.4, 0.5) is 0 Å². The number of carboxylic acids is 1. The first-order valence-corrected chi connectivity index (χ1v) is 6.64. The maximum absolute atomic E-state index is 12.0. The number of aliphatic carboxylic acids is 1. The summed E-state index contributed by atoms with van der Waals surface area (Å²) >= 11 is 1.39. The third-order valence-corrected chi connectivity index (χ3v) is 3.85. The van der Waals surface area contributed by atoms with Gasteiger partial charge >= 0.3 is 5.97 Å². The number of ether oxygens (including phenoxy) is 2. The molecule has 8 heteroatoms. The van der Waals surface area contributed by atoms with Crippen LogP contribution in [0, 0.1) is 6.92 Å². The van der Waals surface area contributed by atoms with Crippen LogP contribution in [0.2, 0.25) is 0 Å². The normalized spacial score (nSPS) is 11.1. The van der Waals surface area contributed by atoms with Crippen LogP contribution in [0.15, 0.2) is 4.79 Å². The number of rotatable bonds is 6. The van der Waals surface area contributed by atoms with E-state index in [4.69, 9.17) is 14.6 Å². The number of thiophene rings is 1. The summed E-state index contributed by atoms with van der Waals surface area (Å²) in [6.45, 7) is 1.80. The van der Waals surface area contributed by atoms with E-state index in [0.29, 0.717) is 22.6 Å². The first-order valence-electron chi connectivity index (χ1n) is 5.82. The zero-order valence-corrected chi connectivity index (χ0v) is 11.9. The molecule has 2 heterocycles. The van der Waals surface area contributed by atoms with Gasteiger partial charge in [-0.25, -0.2) is 9.78 Å². The van der Waals surface area contributed by atoms with E-state index in [-0.39, 0.29) is 12.2 Å². The number of nitrogens with one attached hydrogen (secondary N) is 1. The fourth-order valence-corrected chi connectivity index (χ4v) is 2.98. The molecule has 0 spiro atoms. The molecule has 2 rings (SSSR count). The van der Waals surface area contributed by atoms with Crippen molar-refractivity contribution in [1.29, 1.82) is 0 Å². The Bertz CT molecular complexity index is 691. The van der Waals surface area contributed by atoms with Crippen LogP contribution in [0.1, 0.15) is 16.3 Å². The number of carbonyl (C=O) groups is 1. The lowest BCUT2D eigenvalue weighted by molar-refractivity contribution is -0.142. The summed E-state index contributed by atoms with van der Waals surface area (Å²) in [5.74, 6) is -0.753. The number of H-pyrrole nitrogens is 1. The second kappa shape index (κ2) is 6.12. The fraction of sp³-hybridized carbons (Fsp3) is 0.417. The lowest BCUT2D eigenvalue weighted by Gasteiger charge is -2.01. The van der Waals surface area contributed by atoms with Crippen molar-refractivity contribution in [2.75, 3.05) is 13.7 Å². The van der Waals surface area contributed by atoms with Gasteiger partial charge in [-0.1, -0.05) is 0 Å². The maximum atomic E-state index is 12.0. The summed E-state index contributed by atoms with van der Waals surface area (Å²) in [7, 11) is 1.59. The Morgan fingerprint density at radius 3 is 2.85 bits per heavy atom. The molecule has 0 bridgehead atoms. The molecular weight excluding hydrogens is 284 g/mol. The second-order valence-electron chi connectivity index (χ2n) is 4.16. The van der Waals surface area contributed by atoms with E-state index in [9.17, 15) is 9.59 Å². The first-order chi connectivity index (χ1) is 9.52. The van der Waals surface area contributed by atoms with Gasteiger partial charge in [0.25, 0.3) is 5.56 Å². The largest absolute Gasteiger partial charge is 0.480 e. The minimum Gasteiger partial charge on any atom is -0.480 e. The SMILES string of the molecule is COCc1sc2nc(COCC(=O)O)[nH]c(=O)c2c1C. The van der Waals surface area contributed by atoms with E-state index in [1.54, 1.807) is 7.11 Å². The van der Waals surface area contributed by atoms with Crippen molar-refractivity contribution >= 4 is 27.5 Å². The molecule has 0 saturated carbocycles. The highest BCUT2D eigenvalue weighted by Gasteiger charge is 2.14. The Morgan fingerprint density at radius 2 is 2.20 bits per heavy atom. The Balaban J connectivity index is 2.32. The van der Waals surface area contributed by atoms with Crippen molar-refractivity contribution in [3.05, 3.63) is 26.6 Å². The van der Waals surface area contributed by atoms with Gasteiger partial charge in [-0.3, -0.25) is 4.79 Å². The average molecular weight is 298 g/mol. The van der Waals surface area contributed by atoms with Crippen molar-refractivity contribution in [2.24, 2.45) is 0 Å². The molecule has 0 aliphatic rings. The molecule has 108 valence electrons. The van der Waals surface area contributed by atoms with Crippen LogP contribution in [0.3, 0.4) is 0 Å². The Labute approximate surface area is 118 Å². The maximum Gasteiger partial charge on any atom is 0.329 e. The number of hydrogen-bond donors (Lipinski definition) is 2. The first kappa shape index (κ1) is 14.6. The molecule has 20 heavy (non-hydrogen) atoms. The van der Waals surface area contributed by atoms with Crippen molar-refractivity contribution in [2.45, 2.75) is 20.1 Å². The predicted molar refractivity (Wildman–Crippen MR) is 73.0 cm³/mol. The summed E-state index contributed by atoms with van der Waals surface area (Å²) in [4.78, 5) is 30.8. The molecule has 0 saturated heterocycles. The van der Waals surface area contributed by atoms with Gasteiger partial charge in [0.05, 0.1) is 12.0 Å². The topological polar surface area (TPSA) is 102 Å². The van der Waals surface area contributed by atoms with Crippen molar-refractivity contribution in [3.8, 4) is 0 Å². The molecule has 0 aromatic carbocycles. The molecule has 7 nitrogen and oxygen atoms in total. The van der Waals surface area contributed by atoms with Gasteiger partial charge in [0, 0.05) is 12.0 Å². The van der Waals surface area contributed by atoms with E-state index in [1.807, 2.05) is 6.92 Å². The van der Waals surface area contributed by atoms with Gasteiger partial charge in [0.15, 0.2) is 0 Å². The van der Waals surface area contributed by atoms with Crippen LogP contribution < -0.4 is 5.56 Å². The van der Waals surface area contributed by atoms with Crippen LogP contribution >= 0.6 is 11.3 Å². The minimum atomic E-state index is -1.07. The molecule has 2 N–H and O–H groups in total. The van der Waals surface area contributed by atoms with E-state index in [1.165, 1.54) is 11.3 Å².